The predicted octanol–water partition coefficient (Wildman–Crippen LogP) is 2.75. The van der Waals surface area contributed by atoms with Gasteiger partial charge in [0.1, 0.15) is 5.75 Å². The van der Waals surface area contributed by atoms with Crippen LogP contribution in [0.4, 0.5) is 0 Å². The molecular formula is C16H24N2O2. The fraction of sp³-hybridized carbons (Fsp3) is 0.562. The van der Waals surface area contributed by atoms with E-state index in [1.165, 1.54) is 0 Å². The molecule has 0 saturated heterocycles. The molecule has 110 valence electrons. The van der Waals surface area contributed by atoms with Crippen LogP contribution in [0.15, 0.2) is 12.1 Å². The van der Waals surface area contributed by atoms with E-state index in [0.717, 1.165) is 35.3 Å². The lowest BCUT2D eigenvalue weighted by atomic mass is 9.93. The molecule has 1 amide bonds. The van der Waals surface area contributed by atoms with E-state index in [2.05, 4.69) is 17.4 Å². The number of hydrogen-bond acceptors (Lipinski definition) is 3. The lowest BCUT2D eigenvalue weighted by Crippen LogP contribution is -2.32. The molecule has 0 radical (unpaired) electrons. The van der Waals surface area contributed by atoms with Gasteiger partial charge in [-0.05, 0) is 20.3 Å². The van der Waals surface area contributed by atoms with Crippen LogP contribution in [-0.2, 0) is 4.79 Å². The molecule has 2 rings (SSSR count). The molecule has 0 saturated carbocycles. The number of carbonyl (C=O) groups is 1. The van der Waals surface area contributed by atoms with Crippen LogP contribution in [0.5, 0.6) is 5.75 Å². The lowest BCUT2D eigenvalue weighted by molar-refractivity contribution is -0.122. The number of amides is 1. The van der Waals surface area contributed by atoms with Crippen molar-refractivity contribution in [2.45, 2.75) is 52.1 Å². The van der Waals surface area contributed by atoms with Crippen LogP contribution in [0.2, 0.25) is 0 Å². The minimum atomic E-state index is -0.0752. The maximum Gasteiger partial charge on any atom is 0.220 e. The van der Waals surface area contributed by atoms with Gasteiger partial charge in [0.05, 0.1) is 12.6 Å². The number of nitrogens with two attached hydrogens (primary N) is 1. The van der Waals surface area contributed by atoms with E-state index in [9.17, 15) is 4.79 Å². The molecule has 0 spiro atoms. The zero-order chi connectivity index (χ0) is 14.7. The first kappa shape index (κ1) is 14.9. The summed E-state index contributed by atoms with van der Waals surface area (Å²) in [6.45, 7) is 6.63. The summed E-state index contributed by atoms with van der Waals surface area (Å²) < 4.78 is 5.81. The molecule has 4 heteroatoms. The van der Waals surface area contributed by atoms with Crippen LogP contribution in [0.1, 0.15) is 61.9 Å². The highest BCUT2D eigenvalue weighted by molar-refractivity contribution is 5.76. The maximum atomic E-state index is 11.8. The lowest BCUT2D eigenvalue weighted by Gasteiger charge is -2.29. The van der Waals surface area contributed by atoms with Gasteiger partial charge in [-0.2, -0.15) is 0 Å². The summed E-state index contributed by atoms with van der Waals surface area (Å²) in [7, 11) is 0. The quantitative estimate of drug-likeness (QED) is 0.888. The first-order valence-electron chi connectivity index (χ1n) is 7.35. The van der Waals surface area contributed by atoms with E-state index in [-0.39, 0.29) is 18.0 Å². The molecule has 20 heavy (non-hydrogen) atoms. The van der Waals surface area contributed by atoms with Gasteiger partial charge < -0.3 is 15.8 Å². The number of nitrogens with one attached hydrogen (secondary N) is 1. The van der Waals surface area contributed by atoms with Crippen LogP contribution in [0, 0.1) is 6.92 Å². The maximum absolute atomic E-state index is 11.8. The van der Waals surface area contributed by atoms with Crippen molar-refractivity contribution in [2.75, 3.05) is 6.61 Å². The van der Waals surface area contributed by atoms with Gasteiger partial charge >= 0.3 is 0 Å². The smallest absolute Gasteiger partial charge is 0.220 e. The third kappa shape index (κ3) is 3.12. The number of ether oxygens (including phenoxy) is 1. The Labute approximate surface area is 120 Å². The molecule has 0 bridgehead atoms. The van der Waals surface area contributed by atoms with Crippen LogP contribution in [0.25, 0.3) is 0 Å². The second kappa shape index (κ2) is 6.27. The van der Waals surface area contributed by atoms with Gasteiger partial charge in [0.2, 0.25) is 5.91 Å². The molecule has 4 nitrogen and oxygen atoms in total. The molecule has 1 aliphatic heterocycles. The van der Waals surface area contributed by atoms with Crippen molar-refractivity contribution in [2.24, 2.45) is 5.73 Å². The molecule has 3 N–H and O–H groups in total. The molecule has 1 aliphatic rings. The minimum absolute atomic E-state index is 0.0372. The average molecular weight is 276 g/mol. The van der Waals surface area contributed by atoms with Gasteiger partial charge in [-0.3, -0.25) is 4.79 Å². The van der Waals surface area contributed by atoms with E-state index in [4.69, 9.17) is 10.5 Å². The molecule has 1 heterocycles. The Balaban J connectivity index is 2.32. The zero-order valence-electron chi connectivity index (χ0n) is 12.5. The highest BCUT2D eigenvalue weighted by Crippen LogP contribution is 2.38. The van der Waals surface area contributed by atoms with Crippen molar-refractivity contribution in [3.63, 3.8) is 0 Å². The van der Waals surface area contributed by atoms with Gasteiger partial charge in [-0.1, -0.05) is 24.6 Å². The highest BCUT2D eigenvalue weighted by Gasteiger charge is 2.26. The number of benzene rings is 1. The second-order valence-electron chi connectivity index (χ2n) is 5.57. The van der Waals surface area contributed by atoms with Crippen molar-refractivity contribution in [1.82, 2.24) is 5.32 Å². The van der Waals surface area contributed by atoms with Gasteiger partial charge in [-0.25, -0.2) is 0 Å². The second-order valence-corrected chi connectivity index (χ2v) is 5.57. The third-order valence-corrected chi connectivity index (χ3v) is 3.62. The number of fused-ring (bicyclic) bond motifs is 1. The average Bonchev–Trinajstić information content (AvgIpc) is 2.38. The fourth-order valence-electron chi connectivity index (χ4n) is 2.67. The van der Waals surface area contributed by atoms with Crippen molar-refractivity contribution < 1.29 is 9.53 Å². The minimum Gasteiger partial charge on any atom is -0.493 e. The summed E-state index contributed by atoms with van der Waals surface area (Å²) in [6, 6.07) is 4.13. The van der Waals surface area contributed by atoms with E-state index >= 15 is 0 Å². The summed E-state index contributed by atoms with van der Waals surface area (Å²) in [5.74, 6) is 0.966. The topological polar surface area (TPSA) is 64.3 Å². The van der Waals surface area contributed by atoms with Crippen LogP contribution in [-0.4, -0.2) is 12.5 Å². The van der Waals surface area contributed by atoms with Gasteiger partial charge in [0.25, 0.3) is 0 Å². The van der Waals surface area contributed by atoms with Gasteiger partial charge in [-0.15, -0.1) is 0 Å². The standard InChI is InChI=1S/C16H24N2O2/c1-4-5-15(19)18-14-6-7-20-16-12(11(3)17)8-10(2)9-13(14)16/h8-9,11,14H,4-7,17H2,1-3H3,(H,18,19). The summed E-state index contributed by atoms with van der Waals surface area (Å²) in [5, 5.41) is 3.11. The monoisotopic (exact) mass is 276 g/mol. The van der Waals surface area contributed by atoms with Crippen molar-refractivity contribution in [3.05, 3.63) is 28.8 Å². The summed E-state index contributed by atoms with van der Waals surface area (Å²) >= 11 is 0. The van der Waals surface area contributed by atoms with Gasteiger partial charge in [0, 0.05) is 30.0 Å². The van der Waals surface area contributed by atoms with E-state index in [1.54, 1.807) is 0 Å². The predicted molar refractivity (Wildman–Crippen MR) is 79.7 cm³/mol. The van der Waals surface area contributed by atoms with E-state index in [0.29, 0.717) is 13.0 Å². The molecule has 2 unspecified atom stereocenters. The van der Waals surface area contributed by atoms with Crippen LogP contribution < -0.4 is 15.8 Å². The number of carbonyl (C=O) groups excluding carboxylic acids is 1. The molecule has 1 aromatic rings. The number of hydrogen-bond donors (Lipinski definition) is 2. The Morgan fingerprint density at radius 1 is 1.55 bits per heavy atom. The van der Waals surface area contributed by atoms with Crippen molar-refractivity contribution in [3.8, 4) is 5.75 Å². The zero-order valence-corrected chi connectivity index (χ0v) is 12.5. The highest BCUT2D eigenvalue weighted by atomic mass is 16.5. The van der Waals surface area contributed by atoms with Crippen molar-refractivity contribution >= 4 is 5.91 Å². The molecule has 2 atom stereocenters. The van der Waals surface area contributed by atoms with E-state index < -0.39 is 0 Å². The summed E-state index contributed by atoms with van der Waals surface area (Å²) in [6.07, 6.45) is 2.24. The van der Waals surface area contributed by atoms with Gasteiger partial charge in [0.15, 0.2) is 0 Å². The first-order chi connectivity index (χ1) is 9.52. The molecule has 0 fully saturated rings. The summed E-state index contributed by atoms with van der Waals surface area (Å²) in [4.78, 5) is 11.8. The first-order valence-corrected chi connectivity index (χ1v) is 7.35. The molecule has 0 aliphatic carbocycles. The van der Waals surface area contributed by atoms with Crippen molar-refractivity contribution in [1.29, 1.82) is 0 Å². The number of rotatable bonds is 4. The molecular weight excluding hydrogens is 252 g/mol. The Morgan fingerprint density at radius 3 is 2.95 bits per heavy atom. The van der Waals surface area contributed by atoms with Crippen LogP contribution in [0.3, 0.4) is 0 Å². The summed E-state index contributed by atoms with van der Waals surface area (Å²) in [5.41, 5.74) is 9.27. The fourth-order valence-corrected chi connectivity index (χ4v) is 2.67. The Kier molecular flexibility index (Phi) is 4.65. The largest absolute Gasteiger partial charge is 0.493 e. The number of aryl methyl sites for hydroxylation is 1. The molecule has 0 aromatic heterocycles. The van der Waals surface area contributed by atoms with Crippen LogP contribution >= 0.6 is 0 Å². The molecule has 1 aromatic carbocycles. The normalized spacial score (nSPS) is 18.9. The SMILES string of the molecule is CCCC(=O)NC1CCOc2c(C(C)N)cc(C)cc21. The Bertz CT molecular complexity index is 497. The third-order valence-electron chi connectivity index (χ3n) is 3.62. The Hall–Kier alpha value is -1.55. The van der Waals surface area contributed by atoms with E-state index in [1.807, 2.05) is 20.8 Å². The Morgan fingerprint density at radius 2 is 2.30 bits per heavy atom.